The molecular formula is C18H16BrN3O2. The van der Waals surface area contributed by atoms with Crippen molar-refractivity contribution in [1.29, 1.82) is 0 Å². The smallest absolute Gasteiger partial charge is 0.231 e. The van der Waals surface area contributed by atoms with Gasteiger partial charge in [0, 0.05) is 25.5 Å². The number of nitrogens with one attached hydrogen (secondary N) is 1. The maximum absolute atomic E-state index is 5.44. The molecule has 0 saturated heterocycles. The van der Waals surface area contributed by atoms with Crippen LogP contribution in [0.15, 0.2) is 59.3 Å². The molecule has 0 atom stereocenters. The van der Waals surface area contributed by atoms with E-state index in [9.17, 15) is 0 Å². The molecule has 24 heavy (non-hydrogen) atoms. The predicted octanol–water partition coefficient (Wildman–Crippen LogP) is 3.65. The lowest BCUT2D eigenvalue weighted by Crippen LogP contribution is -2.12. The molecule has 0 bridgehead atoms. The molecule has 122 valence electrons. The summed E-state index contributed by atoms with van der Waals surface area (Å²) in [5.74, 6) is 1.58. The Morgan fingerprint density at radius 2 is 1.92 bits per heavy atom. The zero-order valence-electron chi connectivity index (χ0n) is 12.9. The average molecular weight is 386 g/mol. The largest absolute Gasteiger partial charge is 0.454 e. The molecule has 0 unspecified atom stereocenters. The van der Waals surface area contributed by atoms with E-state index in [1.54, 1.807) is 6.20 Å². The highest BCUT2D eigenvalue weighted by molar-refractivity contribution is 9.10. The Bertz CT molecular complexity index is 832. The predicted molar refractivity (Wildman–Crippen MR) is 94.4 cm³/mol. The van der Waals surface area contributed by atoms with Gasteiger partial charge in [0.1, 0.15) is 0 Å². The number of nitrogens with zero attached hydrogens (tertiary/aromatic N) is 2. The number of halogens is 1. The topological polar surface area (TPSA) is 48.3 Å². The van der Waals surface area contributed by atoms with Crippen molar-refractivity contribution in [3.63, 3.8) is 0 Å². The molecule has 6 heteroatoms. The van der Waals surface area contributed by atoms with Crippen molar-refractivity contribution in [2.45, 2.75) is 13.1 Å². The zero-order chi connectivity index (χ0) is 16.4. The summed E-state index contributed by atoms with van der Waals surface area (Å²) in [6.07, 6.45) is 3.71. The second-order valence-electron chi connectivity index (χ2n) is 5.53. The Morgan fingerprint density at radius 1 is 1.08 bits per heavy atom. The highest BCUT2D eigenvalue weighted by Crippen LogP contribution is 2.39. The maximum atomic E-state index is 5.44. The van der Waals surface area contributed by atoms with Crippen LogP contribution >= 0.6 is 15.9 Å². The van der Waals surface area contributed by atoms with Crippen molar-refractivity contribution >= 4 is 15.9 Å². The van der Waals surface area contributed by atoms with Crippen LogP contribution < -0.4 is 14.8 Å². The van der Waals surface area contributed by atoms with E-state index < -0.39 is 0 Å². The summed E-state index contributed by atoms with van der Waals surface area (Å²) >= 11 is 3.52. The van der Waals surface area contributed by atoms with Crippen LogP contribution in [0, 0.1) is 0 Å². The van der Waals surface area contributed by atoms with Gasteiger partial charge >= 0.3 is 0 Å². The van der Waals surface area contributed by atoms with Gasteiger partial charge < -0.3 is 14.8 Å². The first kappa shape index (κ1) is 15.2. The quantitative estimate of drug-likeness (QED) is 0.727. The van der Waals surface area contributed by atoms with Crippen LogP contribution in [-0.4, -0.2) is 16.6 Å². The summed E-state index contributed by atoms with van der Waals surface area (Å²) in [5, 5.41) is 7.68. The van der Waals surface area contributed by atoms with Crippen LogP contribution in [0.4, 0.5) is 0 Å². The molecule has 0 spiro atoms. The van der Waals surface area contributed by atoms with Gasteiger partial charge in [-0.2, -0.15) is 5.10 Å². The first-order valence-corrected chi connectivity index (χ1v) is 8.46. The van der Waals surface area contributed by atoms with Gasteiger partial charge in [-0.1, -0.05) is 12.1 Å². The first-order chi connectivity index (χ1) is 11.8. The van der Waals surface area contributed by atoms with Gasteiger partial charge in [0.2, 0.25) is 6.79 Å². The molecule has 3 aromatic rings. The van der Waals surface area contributed by atoms with Gasteiger partial charge in [0.25, 0.3) is 0 Å². The number of hydrogen-bond donors (Lipinski definition) is 1. The average Bonchev–Trinajstić information content (AvgIpc) is 3.27. The summed E-state index contributed by atoms with van der Waals surface area (Å²) in [6.45, 7) is 1.84. The molecule has 2 heterocycles. The van der Waals surface area contributed by atoms with Crippen molar-refractivity contribution in [3.05, 3.63) is 70.5 Å². The van der Waals surface area contributed by atoms with Crippen molar-refractivity contribution < 1.29 is 9.47 Å². The third-order valence-electron chi connectivity index (χ3n) is 3.85. The molecule has 1 aliphatic heterocycles. The van der Waals surface area contributed by atoms with Gasteiger partial charge in [-0.25, -0.2) is 4.68 Å². The Morgan fingerprint density at radius 3 is 2.71 bits per heavy atom. The molecule has 0 saturated carbocycles. The highest BCUT2D eigenvalue weighted by atomic mass is 79.9. The Kier molecular flexibility index (Phi) is 4.23. The minimum Gasteiger partial charge on any atom is -0.454 e. The van der Waals surface area contributed by atoms with Gasteiger partial charge in [0.15, 0.2) is 11.5 Å². The van der Waals surface area contributed by atoms with E-state index in [1.807, 2.05) is 23.0 Å². The van der Waals surface area contributed by atoms with E-state index in [0.29, 0.717) is 0 Å². The van der Waals surface area contributed by atoms with Crippen molar-refractivity contribution in [3.8, 4) is 17.2 Å². The summed E-state index contributed by atoms with van der Waals surface area (Å²) in [7, 11) is 0. The molecule has 4 rings (SSSR count). The van der Waals surface area contributed by atoms with Crippen LogP contribution in [0.5, 0.6) is 11.5 Å². The number of fused-ring (bicyclic) bond motifs is 1. The Balaban J connectivity index is 1.37. The van der Waals surface area contributed by atoms with Crippen molar-refractivity contribution in [2.75, 3.05) is 6.79 Å². The van der Waals surface area contributed by atoms with E-state index in [4.69, 9.17) is 9.47 Å². The molecule has 0 aliphatic carbocycles. The zero-order valence-corrected chi connectivity index (χ0v) is 14.5. The number of benzene rings is 2. The Hall–Kier alpha value is -2.31. The van der Waals surface area contributed by atoms with Crippen LogP contribution in [0.3, 0.4) is 0 Å². The van der Waals surface area contributed by atoms with E-state index in [0.717, 1.165) is 40.3 Å². The molecule has 1 aromatic heterocycles. The SMILES string of the molecule is Brc1cc(CNCc2ccc(-n3cccn3)cc2)cc2c1OCO2. The molecule has 0 amide bonds. The fraction of sp³-hybridized carbons (Fsp3) is 0.167. The second kappa shape index (κ2) is 6.67. The van der Waals surface area contributed by atoms with Crippen LogP contribution in [0.25, 0.3) is 5.69 Å². The minimum absolute atomic E-state index is 0.285. The molecule has 0 radical (unpaired) electrons. The summed E-state index contributed by atoms with van der Waals surface area (Å²) in [4.78, 5) is 0. The van der Waals surface area contributed by atoms with Gasteiger partial charge in [-0.3, -0.25) is 0 Å². The summed E-state index contributed by atoms with van der Waals surface area (Å²) in [6, 6.07) is 14.3. The lowest BCUT2D eigenvalue weighted by Gasteiger charge is -2.08. The standard InChI is InChI=1S/C18H16BrN3O2/c19-16-8-14(9-17-18(16)24-12-23-17)11-20-10-13-2-4-15(5-3-13)22-7-1-6-21-22/h1-9,20H,10-12H2. The third kappa shape index (κ3) is 3.16. The third-order valence-corrected chi connectivity index (χ3v) is 4.44. The van der Waals surface area contributed by atoms with E-state index >= 15 is 0 Å². The first-order valence-electron chi connectivity index (χ1n) is 7.67. The van der Waals surface area contributed by atoms with Crippen LogP contribution in [-0.2, 0) is 13.1 Å². The highest BCUT2D eigenvalue weighted by Gasteiger charge is 2.17. The summed E-state index contributed by atoms with van der Waals surface area (Å²) in [5.41, 5.74) is 3.44. The maximum Gasteiger partial charge on any atom is 0.231 e. The van der Waals surface area contributed by atoms with E-state index in [1.165, 1.54) is 5.56 Å². The normalized spacial score (nSPS) is 12.5. The number of aromatic nitrogens is 2. The molecule has 5 nitrogen and oxygen atoms in total. The number of rotatable bonds is 5. The van der Waals surface area contributed by atoms with E-state index in [-0.39, 0.29) is 6.79 Å². The lowest BCUT2D eigenvalue weighted by molar-refractivity contribution is 0.173. The van der Waals surface area contributed by atoms with Gasteiger partial charge in [-0.15, -0.1) is 0 Å². The Labute approximate surface area is 148 Å². The molecular weight excluding hydrogens is 370 g/mol. The molecule has 1 aliphatic rings. The monoisotopic (exact) mass is 385 g/mol. The van der Waals surface area contributed by atoms with E-state index in [2.05, 4.69) is 56.7 Å². The van der Waals surface area contributed by atoms with Crippen molar-refractivity contribution in [2.24, 2.45) is 0 Å². The second-order valence-corrected chi connectivity index (χ2v) is 6.39. The molecule has 2 aromatic carbocycles. The van der Waals surface area contributed by atoms with Gasteiger partial charge in [-0.05, 0) is 57.4 Å². The summed E-state index contributed by atoms with van der Waals surface area (Å²) < 4.78 is 13.6. The van der Waals surface area contributed by atoms with Crippen LogP contribution in [0.2, 0.25) is 0 Å². The number of ether oxygens (including phenoxy) is 2. The fourth-order valence-electron chi connectivity index (χ4n) is 2.66. The minimum atomic E-state index is 0.285. The molecule has 0 fully saturated rings. The van der Waals surface area contributed by atoms with Gasteiger partial charge in [0.05, 0.1) is 10.2 Å². The van der Waals surface area contributed by atoms with Crippen molar-refractivity contribution in [1.82, 2.24) is 15.1 Å². The fourth-order valence-corrected chi connectivity index (χ4v) is 3.27. The molecule has 1 N–H and O–H groups in total. The number of hydrogen-bond acceptors (Lipinski definition) is 4. The lowest BCUT2D eigenvalue weighted by atomic mass is 10.1. The van der Waals surface area contributed by atoms with Crippen LogP contribution in [0.1, 0.15) is 11.1 Å².